The van der Waals surface area contributed by atoms with Gasteiger partial charge in [-0.3, -0.25) is 14.9 Å². The number of carbonyl (C=O) groups excluding carboxylic acids is 1. The van der Waals surface area contributed by atoms with Crippen LogP contribution in [0, 0.1) is 0 Å². The van der Waals surface area contributed by atoms with E-state index in [1.54, 1.807) is 19.1 Å². The van der Waals surface area contributed by atoms with E-state index in [-0.39, 0.29) is 6.54 Å². The molecule has 7 nitrogen and oxygen atoms in total. The number of aliphatic carboxylic acids is 2. The first kappa shape index (κ1) is 21.5. The first-order valence-electron chi connectivity index (χ1n) is 10.0. The standard InChI is InChI=1S/C23H26N2O5/c1-15(24-19(22(27)28)12-11-16-7-3-2-4-8-16)21(26)25-14-13-17-9-5-6-10-18(17)20(25)23(29)30/h2-10,15,19-20,24H,11-14H2,1H3,(H,27,28)(H,29,30)/t15-,19-,20-/m0/s1. The van der Waals surface area contributed by atoms with E-state index in [2.05, 4.69) is 5.32 Å². The molecule has 2 aromatic rings. The second-order valence-corrected chi connectivity index (χ2v) is 7.52. The lowest BCUT2D eigenvalue weighted by atomic mass is 9.92. The monoisotopic (exact) mass is 410 g/mol. The topological polar surface area (TPSA) is 107 Å². The minimum Gasteiger partial charge on any atom is -0.480 e. The molecule has 0 radical (unpaired) electrons. The van der Waals surface area contributed by atoms with Gasteiger partial charge in [-0.2, -0.15) is 0 Å². The van der Waals surface area contributed by atoms with Crippen LogP contribution in [0.15, 0.2) is 54.6 Å². The van der Waals surface area contributed by atoms with Gasteiger partial charge in [0.15, 0.2) is 6.04 Å². The Balaban J connectivity index is 1.70. The fourth-order valence-electron chi connectivity index (χ4n) is 3.93. The highest BCUT2D eigenvalue weighted by atomic mass is 16.4. The van der Waals surface area contributed by atoms with E-state index < -0.39 is 36.0 Å². The van der Waals surface area contributed by atoms with Gasteiger partial charge in [-0.05, 0) is 42.9 Å². The quantitative estimate of drug-likeness (QED) is 0.616. The van der Waals surface area contributed by atoms with Crippen molar-refractivity contribution in [2.75, 3.05) is 6.54 Å². The highest BCUT2D eigenvalue weighted by molar-refractivity contribution is 5.88. The zero-order valence-corrected chi connectivity index (χ0v) is 16.8. The zero-order chi connectivity index (χ0) is 21.7. The Morgan fingerprint density at radius 1 is 1.07 bits per heavy atom. The van der Waals surface area contributed by atoms with Crippen molar-refractivity contribution in [3.63, 3.8) is 0 Å². The van der Waals surface area contributed by atoms with Gasteiger partial charge >= 0.3 is 11.9 Å². The van der Waals surface area contributed by atoms with Crippen molar-refractivity contribution in [3.05, 3.63) is 71.3 Å². The highest BCUT2D eigenvalue weighted by Crippen LogP contribution is 2.30. The highest BCUT2D eigenvalue weighted by Gasteiger charge is 2.38. The molecule has 0 fully saturated rings. The van der Waals surface area contributed by atoms with Crippen LogP contribution in [-0.2, 0) is 27.2 Å². The Bertz CT molecular complexity index is 915. The molecule has 3 atom stereocenters. The molecular formula is C23H26N2O5. The van der Waals surface area contributed by atoms with Gasteiger partial charge in [0.25, 0.3) is 0 Å². The van der Waals surface area contributed by atoms with E-state index in [9.17, 15) is 24.6 Å². The molecule has 1 heterocycles. The number of aryl methyl sites for hydroxylation is 1. The Hall–Kier alpha value is -3.19. The lowest BCUT2D eigenvalue weighted by Crippen LogP contribution is -2.54. The summed E-state index contributed by atoms with van der Waals surface area (Å²) in [5.74, 6) is -2.55. The van der Waals surface area contributed by atoms with E-state index >= 15 is 0 Å². The summed E-state index contributed by atoms with van der Waals surface area (Å²) < 4.78 is 0. The maximum absolute atomic E-state index is 13.1. The summed E-state index contributed by atoms with van der Waals surface area (Å²) in [5.41, 5.74) is 2.54. The Labute approximate surface area is 175 Å². The maximum atomic E-state index is 13.1. The number of carboxylic acids is 2. The van der Waals surface area contributed by atoms with E-state index in [0.29, 0.717) is 24.8 Å². The van der Waals surface area contributed by atoms with Gasteiger partial charge in [-0.15, -0.1) is 0 Å². The summed E-state index contributed by atoms with van der Waals surface area (Å²) in [5, 5.41) is 22.2. The fourth-order valence-corrected chi connectivity index (χ4v) is 3.93. The molecular weight excluding hydrogens is 384 g/mol. The van der Waals surface area contributed by atoms with Gasteiger partial charge < -0.3 is 15.1 Å². The largest absolute Gasteiger partial charge is 0.480 e. The van der Waals surface area contributed by atoms with Crippen LogP contribution < -0.4 is 5.32 Å². The van der Waals surface area contributed by atoms with Crippen LogP contribution in [-0.4, -0.2) is 51.6 Å². The van der Waals surface area contributed by atoms with Gasteiger partial charge in [-0.25, -0.2) is 4.79 Å². The van der Waals surface area contributed by atoms with Crippen molar-refractivity contribution in [1.29, 1.82) is 0 Å². The number of hydrogen-bond acceptors (Lipinski definition) is 4. The van der Waals surface area contributed by atoms with Crippen molar-refractivity contribution >= 4 is 17.8 Å². The van der Waals surface area contributed by atoms with E-state index in [1.165, 1.54) is 4.90 Å². The van der Waals surface area contributed by atoms with E-state index in [4.69, 9.17) is 0 Å². The van der Waals surface area contributed by atoms with Crippen LogP contribution >= 0.6 is 0 Å². The molecule has 0 saturated heterocycles. The van der Waals surface area contributed by atoms with Gasteiger partial charge in [0.05, 0.1) is 6.04 Å². The van der Waals surface area contributed by atoms with Crippen LogP contribution in [0.5, 0.6) is 0 Å². The minimum atomic E-state index is -1.10. The van der Waals surface area contributed by atoms with Gasteiger partial charge in [0.1, 0.15) is 6.04 Å². The van der Waals surface area contributed by atoms with Crippen molar-refractivity contribution in [3.8, 4) is 0 Å². The minimum absolute atomic E-state index is 0.278. The molecule has 3 N–H and O–H groups in total. The first-order valence-corrected chi connectivity index (χ1v) is 10.0. The molecule has 1 amide bonds. The van der Waals surface area contributed by atoms with Crippen LogP contribution in [0.2, 0.25) is 0 Å². The Morgan fingerprint density at radius 2 is 1.73 bits per heavy atom. The summed E-state index contributed by atoms with van der Waals surface area (Å²) in [6.45, 7) is 1.86. The number of rotatable bonds is 8. The number of benzene rings is 2. The van der Waals surface area contributed by atoms with Gasteiger partial charge in [0.2, 0.25) is 5.91 Å². The van der Waals surface area contributed by atoms with Gasteiger partial charge in [-0.1, -0.05) is 54.6 Å². The van der Waals surface area contributed by atoms with E-state index in [1.807, 2.05) is 42.5 Å². The van der Waals surface area contributed by atoms with Crippen molar-refractivity contribution < 1.29 is 24.6 Å². The van der Waals surface area contributed by atoms with Crippen molar-refractivity contribution in [2.45, 2.75) is 44.3 Å². The van der Waals surface area contributed by atoms with Gasteiger partial charge in [0, 0.05) is 6.54 Å². The molecule has 0 spiro atoms. The van der Waals surface area contributed by atoms with Crippen molar-refractivity contribution in [2.24, 2.45) is 0 Å². The van der Waals surface area contributed by atoms with Crippen LogP contribution in [0.1, 0.15) is 36.1 Å². The smallest absolute Gasteiger partial charge is 0.331 e. The first-order chi connectivity index (χ1) is 14.4. The fraction of sp³-hybridized carbons (Fsp3) is 0.348. The molecule has 0 saturated carbocycles. The summed E-state index contributed by atoms with van der Waals surface area (Å²) in [7, 11) is 0. The lowest BCUT2D eigenvalue weighted by Gasteiger charge is -2.36. The Kier molecular flexibility index (Phi) is 6.84. The van der Waals surface area contributed by atoms with E-state index in [0.717, 1.165) is 11.1 Å². The maximum Gasteiger partial charge on any atom is 0.331 e. The van der Waals surface area contributed by atoms with Crippen LogP contribution in [0.3, 0.4) is 0 Å². The molecule has 7 heteroatoms. The molecule has 1 aliphatic rings. The number of nitrogens with zero attached hydrogens (tertiary/aromatic N) is 1. The third-order valence-corrected chi connectivity index (χ3v) is 5.48. The molecule has 0 aromatic heterocycles. The van der Waals surface area contributed by atoms with Crippen molar-refractivity contribution in [1.82, 2.24) is 10.2 Å². The number of fused-ring (bicyclic) bond motifs is 1. The molecule has 1 aliphatic heterocycles. The zero-order valence-electron chi connectivity index (χ0n) is 16.8. The second kappa shape index (κ2) is 9.54. The predicted molar refractivity (Wildman–Crippen MR) is 111 cm³/mol. The summed E-state index contributed by atoms with van der Waals surface area (Å²) in [6, 6.07) is 13.9. The Morgan fingerprint density at radius 3 is 2.40 bits per heavy atom. The molecule has 0 unspecified atom stereocenters. The predicted octanol–water partition coefficient (Wildman–Crippen LogP) is 2.26. The third kappa shape index (κ3) is 4.86. The number of amides is 1. The van der Waals surface area contributed by atoms with Crippen LogP contribution in [0.25, 0.3) is 0 Å². The second-order valence-electron chi connectivity index (χ2n) is 7.52. The molecule has 2 aromatic carbocycles. The SMILES string of the molecule is C[C@H](N[C@@H](CCc1ccccc1)C(=O)O)C(=O)N1CCc2ccccc2[C@H]1C(=O)O. The number of nitrogens with one attached hydrogen (secondary N) is 1. The average Bonchev–Trinajstić information content (AvgIpc) is 2.75. The average molecular weight is 410 g/mol. The summed E-state index contributed by atoms with van der Waals surface area (Å²) in [4.78, 5) is 38.0. The lowest BCUT2D eigenvalue weighted by molar-refractivity contribution is -0.152. The molecule has 3 rings (SSSR count). The molecule has 158 valence electrons. The number of carbonyl (C=O) groups is 3. The number of carboxylic acid groups (broad SMARTS) is 2. The summed E-state index contributed by atoms with van der Waals surface area (Å²) >= 11 is 0. The normalized spacial score (nSPS) is 17.6. The van der Waals surface area contributed by atoms with Crippen LogP contribution in [0.4, 0.5) is 0 Å². The number of hydrogen-bond donors (Lipinski definition) is 3. The summed E-state index contributed by atoms with van der Waals surface area (Å²) in [6.07, 6.45) is 1.44. The molecule has 0 bridgehead atoms. The molecule has 0 aliphatic carbocycles. The third-order valence-electron chi connectivity index (χ3n) is 5.48. The molecule has 30 heavy (non-hydrogen) atoms.